The summed E-state index contributed by atoms with van der Waals surface area (Å²) >= 11 is 0. The monoisotopic (exact) mass is 1230 g/mol. The lowest BCUT2D eigenvalue weighted by Gasteiger charge is -2.30. The second-order valence-electron chi connectivity index (χ2n) is 21.2. The molecule has 1 saturated heterocycles. The van der Waals surface area contributed by atoms with Gasteiger partial charge < -0.3 is 114 Å². The SMILES string of the molecule is CC(O)[C@H](NC(=O)[C@H](CCN)NC(=O)C(N)CCCCN)C(=O)NCC(=O)N[C@H](CCCN)C(=O)N1CCC[C@H]1C(=O)NC(Cc1cnc[nH]1)C(=O)N[C@@H](CCCCN)C(=O)N/C(=C\CCN=C(N)N)C(=O)N[C@@H](CCCCN)C(=O)NCCCCN. The fourth-order valence-corrected chi connectivity index (χ4v) is 9.17. The van der Waals surface area contributed by atoms with E-state index >= 15 is 0 Å². The van der Waals surface area contributed by atoms with Crippen molar-refractivity contribution in [2.75, 3.05) is 65.4 Å². The molecule has 1 fully saturated rings. The van der Waals surface area contributed by atoms with Gasteiger partial charge in [-0.05, 0) is 149 Å². The maximum atomic E-state index is 14.5. The summed E-state index contributed by atoms with van der Waals surface area (Å²) in [4.78, 5) is 150. The van der Waals surface area contributed by atoms with Crippen molar-refractivity contribution in [1.29, 1.82) is 0 Å². The molecule has 0 bridgehead atoms. The van der Waals surface area contributed by atoms with E-state index < -0.39 is 120 Å². The van der Waals surface area contributed by atoms with E-state index in [0.717, 1.165) is 0 Å². The average molecular weight is 1230 g/mol. The van der Waals surface area contributed by atoms with Crippen LogP contribution in [0.2, 0.25) is 0 Å². The molecule has 1 aromatic heterocycles. The number of aliphatic imine (C=N–C) groups is 1. The number of amides is 10. The van der Waals surface area contributed by atoms with E-state index in [0.29, 0.717) is 96.1 Å². The number of carbonyl (C=O) groups is 10. The van der Waals surface area contributed by atoms with Gasteiger partial charge in [0.15, 0.2) is 5.96 Å². The Balaban J connectivity index is 2.36. The second-order valence-corrected chi connectivity index (χ2v) is 21.2. The molecule has 9 atom stereocenters. The molecule has 29 N–H and O–H groups in total. The summed E-state index contributed by atoms with van der Waals surface area (Å²) in [6.07, 6.45) is 8.27. The number of H-pyrrole nitrogens is 1. The van der Waals surface area contributed by atoms with Crippen LogP contribution in [0.25, 0.3) is 0 Å². The van der Waals surface area contributed by atoms with Crippen molar-refractivity contribution in [3.63, 3.8) is 0 Å². The summed E-state index contributed by atoms with van der Waals surface area (Å²) < 4.78 is 0. The van der Waals surface area contributed by atoms with E-state index in [-0.39, 0.29) is 95.7 Å². The van der Waals surface area contributed by atoms with E-state index in [2.05, 4.69) is 62.8 Å². The van der Waals surface area contributed by atoms with Gasteiger partial charge in [-0.25, -0.2) is 4.98 Å². The van der Waals surface area contributed by atoms with Crippen molar-refractivity contribution in [3.05, 3.63) is 30.0 Å². The van der Waals surface area contributed by atoms with Crippen LogP contribution in [0.15, 0.2) is 29.3 Å². The van der Waals surface area contributed by atoms with Gasteiger partial charge in [-0.2, -0.15) is 0 Å². The second kappa shape index (κ2) is 43.3. The minimum Gasteiger partial charge on any atom is -0.391 e. The number of nitrogens with zero attached hydrogens (tertiary/aromatic N) is 3. The number of carbonyl (C=O) groups excluding carboxylic acids is 10. The highest BCUT2D eigenvalue weighted by molar-refractivity contribution is 6.02. The van der Waals surface area contributed by atoms with E-state index in [1.165, 1.54) is 30.4 Å². The molecule has 1 aromatic rings. The number of rotatable bonds is 45. The van der Waals surface area contributed by atoms with Gasteiger partial charge in [0.05, 0.1) is 25.0 Å². The van der Waals surface area contributed by atoms with Gasteiger partial charge in [-0.15, -0.1) is 0 Å². The van der Waals surface area contributed by atoms with Crippen LogP contribution in [0.4, 0.5) is 0 Å². The number of aromatic amines is 1. The van der Waals surface area contributed by atoms with E-state index in [9.17, 15) is 53.1 Å². The van der Waals surface area contributed by atoms with Crippen LogP contribution in [0.3, 0.4) is 0 Å². The standard InChI is InChI=1S/C54H100N22O11/c1-33(77)44(75-49(83)39(19-25-60)70-45(79)35(61)13-2-5-20-55)52(86)67-31-43(78)69-40(16-10-24-59)53(87)76-28-12-18-42(76)51(85)74-41(29-34-30-64-32-68-34)50(84)73-37(15-4-7-22-57)47(81)72-38(17-11-27-66-54(62)63)48(82)71-36(14-3-6-21-56)46(80)65-26-9-8-23-58/h17,30,32-33,35-37,39-42,44,77H,2-16,18-29,31,55-61H2,1H3,(H,64,68)(H,65,80)(H,67,86)(H,69,78)(H,70,79)(H,71,82)(H,72,81)(H,73,84)(H,74,85)(H,75,83)(H4,62,63,66)/b38-17-/t33?,35?,36-,37-,39-,40+,41?,42-,44-/m0/s1. The Labute approximate surface area is 508 Å². The number of aromatic nitrogens is 2. The zero-order valence-electron chi connectivity index (χ0n) is 50.3. The van der Waals surface area contributed by atoms with Gasteiger partial charge in [-0.1, -0.05) is 12.5 Å². The highest BCUT2D eigenvalue weighted by Crippen LogP contribution is 2.21. The quantitative estimate of drug-likeness (QED) is 0.0125. The molecule has 0 radical (unpaired) electrons. The fraction of sp³-hybridized carbons (Fsp3) is 0.704. The summed E-state index contributed by atoms with van der Waals surface area (Å²) in [6.45, 7) is 2.47. The molecule has 2 heterocycles. The Kier molecular flexibility index (Phi) is 37.6. The van der Waals surface area contributed by atoms with Crippen LogP contribution in [-0.2, 0) is 54.4 Å². The average Bonchev–Trinajstić information content (AvgIpc) is 2.98. The summed E-state index contributed by atoms with van der Waals surface area (Å²) in [5.41, 5.74) is 51.4. The fourth-order valence-electron chi connectivity index (χ4n) is 9.17. The van der Waals surface area contributed by atoms with E-state index in [1.54, 1.807) is 0 Å². The lowest BCUT2D eigenvalue weighted by molar-refractivity contribution is -0.142. The van der Waals surface area contributed by atoms with Crippen molar-refractivity contribution < 1.29 is 53.1 Å². The first-order chi connectivity index (χ1) is 41.7. The zero-order valence-corrected chi connectivity index (χ0v) is 50.3. The predicted octanol–water partition coefficient (Wildman–Crippen LogP) is -7.33. The van der Waals surface area contributed by atoms with Crippen LogP contribution in [-0.4, -0.2) is 205 Å². The summed E-state index contributed by atoms with van der Waals surface area (Å²) in [5, 5.41) is 34.0. The van der Waals surface area contributed by atoms with Crippen LogP contribution in [0.1, 0.15) is 122 Å². The molecule has 0 aromatic carbocycles. The van der Waals surface area contributed by atoms with Gasteiger partial charge >= 0.3 is 0 Å². The highest BCUT2D eigenvalue weighted by atomic mass is 16.3. The number of hydrogen-bond donors (Lipinski definition) is 20. The Morgan fingerprint density at radius 3 is 1.84 bits per heavy atom. The van der Waals surface area contributed by atoms with Crippen molar-refractivity contribution in [1.82, 2.24) is 62.7 Å². The van der Waals surface area contributed by atoms with Gasteiger partial charge in [0.25, 0.3) is 5.91 Å². The first kappa shape index (κ1) is 75.7. The van der Waals surface area contributed by atoms with Gasteiger partial charge in [0.2, 0.25) is 53.2 Å². The molecular weight excluding hydrogens is 1130 g/mol. The number of guanidine groups is 1. The number of unbranched alkanes of at least 4 members (excludes halogenated alkanes) is 4. The lowest BCUT2D eigenvalue weighted by Crippen LogP contribution is -2.60. The molecule has 10 amide bonds. The van der Waals surface area contributed by atoms with Crippen molar-refractivity contribution >= 4 is 65.0 Å². The number of nitrogens with one attached hydrogen (secondary N) is 10. The number of hydrogen-bond acceptors (Lipinski definition) is 20. The highest BCUT2D eigenvalue weighted by Gasteiger charge is 2.40. The van der Waals surface area contributed by atoms with Gasteiger partial charge in [-0.3, -0.25) is 52.9 Å². The van der Waals surface area contributed by atoms with Crippen molar-refractivity contribution in [2.24, 2.45) is 56.6 Å². The van der Waals surface area contributed by atoms with Crippen molar-refractivity contribution in [2.45, 2.75) is 177 Å². The molecule has 1 aliphatic rings. The van der Waals surface area contributed by atoms with E-state index in [4.69, 9.17) is 51.6 Å². The molecule has 87 heavy (non-hydrogen) atoms. The molecule has 492 valence electrons. The number of nitrogens with two attached hydrogens (primary N) is 9. The molecular formula is C54H100N22O11. The third-order valence-electron chi connectivity index (χ3n) is 14.0. The maximum Gasteiger partial charge on any atom is 0.268 e. The molecule has 2 rings (SSSR count). The topological polar surface area (TPSA) is 578 Å². The molecule has 0 aliphatic carbocycles. The molecule has 33 nitrogen and oxygen atoms in total. The van der Waals surface area contributed by atoms with Crippen molar-refractivity contribution in [3.8, 4) is 0 Å². The summed E-state index contributed by atoms with van der Waals surface area (Å²) in [5.74, 6) is -7.81. The molecule has 1 aliphatic heterocycles. The smallest absolute Gasteiger partial charge is 0.268 e. The zero-order chi connectivity index (χ0) is 64.7. The summed E-state index contributed by atoms with van der Waals surface area (Å²) in [6, 6.07) is -9.89. The number of likely N-dealkylation sites (tertiary alicyclic amines) is 1. The van der Waals surface area contributed by atoms with E-state index in [1.807, 2.05) is 0 Å². The van der Waals surface area contributed by atoms with Crippen LogP contribution in [0, 0.1) is 0 Å². The maximum absolute atomic E-state index is 14.5. The molecule has 0 spiro atoms. The third-order valence-corrected chi connectivity index (χ3v) is 14.0. The summed E-state index contributed by atoms with van der Waals surface area (Å²) in [7, 11) is 0. The Morgan fingerprint density at radius 2 is 1.24 bits per heavy atom. The Bertz CT molecular complexity index is 2360. The third kappa shape index (κ3) is 29.2. The van der Waals surface area contributed by atoms with Gasteiger partial charge in [0.1, 0.15) is 48.0 Å². The number of aliphatic hydroxyl groups is 1. The molecule has 0 saturated carbocycles. The molecule has 33 heteroatoms. The largest absolute Gasteiger partial charge is 0.391 e. The first-order valence-corrected chi connectivity index (χ1v) is 30.0. The number of aliphatic hydroxyl groups excluding tert-OH is 1. The molecule has 3 unspecified atom stereocenters. The van der Waals surface area contributed by atoms with Crippen LogP contribution in [0.5, 0.6) is 0 Å². The van der Waals surface area contributed by atoms with Crippen LogP contribution >= 0.6 is 0 Å². The first-order valence-electron chi connectivity index (χ1n) is 30.0. The lowest BCUT2D eigenvalue weighted by atomic mass is 10.0. The normalized spacial score (nSPS) is 15.9. The minimum atomic E-state index is -1.60. The van der Waals surface area contributed by atoms with Crippen LogP contribution < -0.4 is 99.5 Å². The minimum absolute atomic E-state index is 0.0186. The van der Waals surface area contributed by atoms with Gasteiger partial charge in [0, 0.05) is 37.9 Å². The predicted molar refractivity (Wildman–Crippen MR) is 325 cm³/mol. The Hall–Kier alpha value is -7.40. The Morgan fingerprint density at radius 1 is 0.655 bits per heavy atom. The number of imidazole rings is 1.